The highest BCUT2D eigenvalue weighted by Crippen LogP contribution is 2.33. The summed E-state index contributed by atoms with van der Waals surface area (Å²) in [7, 11) is 0. The standard InChI is InChI=1S/C25H36N4O5/c1-18-26-24(34-28-18)9-5-3-2-4-8-23(30)27-20(17-29-12-6-7-13-29)25(31)19-10-11-21-22(16-19)33-15-14-32-21/h10-11,16,20,25,31H,2-9,12-15,17H2,1H3,(H,27,30)/t20-,25-/m1/s1. The average Bonchev–Trinajstić information content (AvgIpc) is 3.51. The maximum atomic E-state index is 12.7. The van der Waals surface area contributed by atoms with Crippen LogP contribution in [0.1, 0.15) is 68.3 Å². The summed E-state index contributed by atoms with van der Waals surface area (Å²) in [6.45, 7) is 5.46. The molecule has 2 aromatic rings. The first-order valence-electron chi connectivity index (χ1n) is 12.5. The van der Waals surface area contributed by atoms with Gasteiger partial charge in [0, 0.05) is 19.4 Å². The number of aliphatic hydroxyl groups excluding tert-OH is 1. The number of benzene rings is 1. The van der Waals surface area contributed by atoms with Gasteiger partial charge in [-0.2, -0.15) is 4.98 Å². The lowest BCUT2D eigenvalue weighted by molar-refractivity contribution is -0.123. The Morgan fingerprint density at radius 3 is 2.65 bits per heavy atom. The van der Waals surface area contributed by atoms with Crippen LogP contribution >= 0.6 is 0 Å². The molecular weight excluding hydrogens is 436 g/mol. The Hall–Kier alpha value is -2.65. The fourth-order valence-electron chi connectivity index (χ4n) is 4.58. The number of aliphatic hydroxyl groups is 1. The van der Waals surface area contributed by atoms with Gasteiger partial charge in [-0.1, -0.05) is 24.1 Å². The lowest BCUT2D eigenvalue weighted by Gasteiger charge is -2.29. The maximum absolute atomic E-state index is 12.7. The molecule has 1 fully saturated rings. The van der Waals surface area contributed by atoms with Crippen molar-refractivity contribution in [3.05, 3.63) is 35.5 Å². The zero-order valence-corrected chi connectivity index (χ0v) is 20.0. The smallest absolute Gasteiger partial charge is 0.226 e. The van der Waals surface area contributed by atoms with E-state index < -0.39 is 6.10 Å². The average molecular weight is 473 g/mol. The number of amides is 1. The molecule has 3 heterocycles. The number of aromatic nitrogens is 2. The van der Waals surface area contributed by atoms with E-state index in [1.807, 2.05) is 25.1 Å². The minimum atomic E-state index is -0.821. The number of hydrogen-bond acceptors (Lipinski definition) is 8. The molecule has 4 rings (SSSR count). The van der Waals surface area contributed by atoms with Gasteiger partial charge in [0.15, 0.2) is 17.3 Å². The second-order valence-corrected chi connectivity index (χ2v) is 9.18. The van der Waals surface area contributed by atoms with Crippen molar-refractivity contribution in [2.75, 3.05) is 32.8 Å². The summed E-state index contributed by atoms with van der Waals surface area (Å²) < 4.78 is 16.4. The number of carbonyl (C=O) groups excluding carboxylic acids is 1. The SMILES string of the molecule is Cc1noc(CCCCCCC(=O)N[C@H](CN2CCCC2)[C@H](O)c2ccc3c(c2)OCCO3)n1. The number of carbonyl (C=O) groups is 1. The van der Waals surface area contributed by atoms with E-state index in [0.717, 1.165) is 63.6 Å². The van der Waals surface area contributed by atoms with E-state index in [-0.39, 0.29) is 11.9 Å². The number of ether oxygens (including phenoxy) is 2. The fourth-order valence-corrected chi connectivity index (χ4v) is 4.58. The largest absolute Gasteiger partial charge is 0.486 e. The van der Waals surface area contributed by atoms with Crippen molar-refractivity contribution < 1.29 is 23.9 Å². The number of unbranched alkanes of at least 4 members (excludes halogenated alkanes) is 3. The molecule has 9 heteroatoms. The van der Waals surface area contributed by atoms with Crippen LogP contribution in [0.3, 0.4) is 0 Å². The van der Waals surface area contributed by atoms with Crippen molar-refractivity contribution >= 4 is 5.91 Å². The molecule has 1 saturated heterocycles. The summed E-state index contributed by atoms with van der Waals surface area (Å²) in [4.78, 5) is 19.3. The normalized spacial score (nSPS) is 17.5. The molecule has 0 saturated carbocycles. The molecule has 0 bridgehead atoms. The van der Waals surface area contributed by atoms with E-state index in [4.69, 9.17) is 14.0 Å². The summed E-state index contributed by atoms with van der Waals surface area (Å²) in [5.41, 5.74) is 0.727. The van der Waals surface area contributed by atoms with Crippen LogP contribution in [0.15, 0.2) is 22.7 Å². The molecule has 2 aliphatic rings. The molecule has 34 heavy (non-hydrogen) atoms. The molecule has 9 nitrogen and oxygen atoms in total. The predicted molar refractivity (Wildman–Crippen MR) is 126 cm³/mol. The molecule has 2 aliphatic heterocycles. The van der Waals surface area contributed by atoms with Crippen molar-refractivity contribution in [1.29, 1.82) is 0 Å². The Kier molecular flexibility index (Phi) is 8.76. The van der Waals surface area contributed by atoms with E-state index in [1.165, 1.54) is 0 Å². The number of nitrogens with one attached hydrogen (secondary N) is 1. The van der Waals surface area contributed by atoms with Crippen LogP contribution in [0.5, 0.6) is 11.5 Å². The first-order chi connectivity index (χ1) is 16.6. The van der Waals surface area contributed by atoms with Gasteiger partial charge in [0.05, 0.1) is 6.04 Å². The van der Waals surface area contributed by atoms with Crippen molar-refractivity contribution in [2.24, 2.45) is 0 Å². The first-order valence-corrected chi connectivity index (χ1v) is 12.5. The van der Waals surface area contributed by atoms with Crippen LogP contribution in [0.2, 0.25) is 0 Å². The van der Waals surface area contributed by atoms with Gasteiger partial charge in [0.2, 0.25) is 11.8 Å². The molecule has 1 aromatic carbocycles. The molecule has 2 N–H and O–H groups in total. The van der Waals surface area contributed by atoms with Gasteiger partial charge < -0.3 is 29.3 Å². The Labute approximate surface area is 200 Å². The Morgan fingerprint density at radius 1 is 1.12 bits per heavy atom. The third-order valence-electron chi connectivity index (χ3n) is 6.40. The molecule has 0 unspecified atom stereocenters. The molecule has 0 radical (unpaired) electrons. The highest BCUT2D eigenvalue weighted by molar-refractivity contribution is 5.76. The monoisotopic (exact) mass is 472 g/mol. The third kappa shape index (κ3) is 6.93. The molecule has 1 aromatic heterocycles. The minimum absolute atomic E-state index is 0.0201. The number of likely N-dealkylation sites (tertiary alicyclic amines) is 1. The van der Waals surface area contributed by atoms with Crippen molar-refractivity contribution in [3.63, 3.8) is 0 Å². The molecule has 0 aliphatic carbocycles. The second-order valence-electron chi connectivity index (χ2n) is 9.18. The topological polar surface area (TPSA) is 110 Å². The van der Waals surface area contributed by atoms with Crippen LogP contribution in [-0.4, -0.2) is 64.9 Å². The molecule has 0 spiro atoms. The van der Waals surface area contributed by atoms with Gasteiger partial charge in [0.1, 0.15) is 19.3 Å². The van der Waals surface area contributed by atoms with Crippen LogP contribution in [0.4, 0.5) is 0 Å². The number of hydrogen-bond donors (Lipinski definition) is 2. The highest BCUT2D eigenvalue weighted by atomic mass is 16.6. The van der Waals surface area contributed by atoms with Crippen molar-refractivity contribution in [2.45, 2.75) is 70.4 Å². The summed E-state index contributed by atoms with van der Waals surface area (Å²) in [5.74, 6) is 2.65. The summed E-state index contributed by atoms with van der Waals surface area (Å²) in [6.07, 6.45) is 6.45. The predicted octanol–water partition coefficient (Wildman–Crippen LogP) is 2.96. The number of rotatable bonds is 12. The lowest BCUT2D eigenvalue weighted by atomic mass is 10.0. The van der Waals surface area contributed by atoms with Gasteiger partial charge in [0.25, 0.3) is 0 Å². The van der Waals surface area contributed by atoms with E-state index >= 15 is 0 Å². The Morgan fingerprint density at radius 2 is 1.88 bits per heavy atom. The van der Waals surface area contributed by atoms with Gasteiger partial charge in [-0.15, -0.1) is 0 Å². The Balaban J connectivity index is 1.26. The van der Waals surface area contributed by atoms with Crippen LogP contribution in [0.25, 0.3) is 0 Å². The highest BCUT2D eigenvalue weighted by Gasteiger charge is 2.27. The molecule has 186 valence electrons. The van der Waals surface area contributed by atoms with Crippen molar-refractivity contribution in [3.8, 4) is 11.5 Å². The van der Waals surface area contributed by atoms with Crippen molar-refractivity contribution in [1.82, 2.24) is 20.4 Å². The van der Waals surface area contributed by atoms with E-state index in [9.17, 15) is 9.90 Å². The second kappa shape index (κ2) is 12.2. The number of aryl methyl sites for hydroxylation is 2. The van der Waals surface area contributed by atoms with Crippen LogP contribution in [0, 0.1) is 6.92 Å². The summed E-state index contributed by atoms with van der Waals surface area (Å²) in [6, 6.07) is 5.13. The van der Waals surface area contributed by atoms with Gasteiger partial charge in [-0.3, -0.25) is 4.79 Å². The van der Waals surface area contributed by atoms with Gasteiger partial charge in [-0.05, 0) is 63.4 Å². The van der Waals surface area contributed by atoms with E-state index in [2.05, 4.69) is 20.4 Å². The fraction of sp³-hybridized carbons (Fsp3) is 0.640. The lowest BCUT2D eigenvalue weighted by Crippen LogP contribution is -2.46. The molecular formula is C25H36N4O5. The number of nitrogens with zero attached hydrogens (tertiary/aromatic N) is 3. The van der Waals surface area contributed by atoms with Gasteiger partial charge in [-0.25, -0.2) is 0 Å². The number of fused-ring (bicyclic) bond motifs is 1. The van der Waals surface area contributed by atoms with Crippen LogP contribution < -0.4 is 14.8 Å². The van der Waals surface area contributed by atoms with Gasteiger partial charge >= 0.3 is 0 Å². The minimum Gasteiger partial charge on any atom is -0.486 e. The molecule has 2 atom stereocenters. The molecule has 1 amide bonds. The third-order valence-corrected chi connectivity index (χ3v) is 6.40. The Bertz CT molecular complexity index is 928. The summed E-state index contributed by atoms with van der Waals surface area (Å²) in [5, 5.41) is 18.1. The van der Waals surface area contributed by atoms with Crippen LogP contribution in [-0.2, 0) is 11.2 Å². The van der Waals surface area contributed by atoms with E-state index in [1.54, 1.807) is 0 Å². The first kappa shape index (κ1) is 24.5. The summed E-state index contributed by atoms with van der Waals surface area (Å²) >= 11 is 0. The maximum Gasteiger partial charge on any atom is 0.226 e. The zero-order valence-electron chi connectivity index (χ0n) is 20.0. The van der Waals surface area contributed by atoms with E-state index in [0.29, 0.717) is 49.4 Å². The zero-order chi connectivity index (χ0) is 23.8. The quantitative estimate of drug-likeness (QED) is 0.454.